The van der Waals surface area contributed by atoms with Gasteiger partial charge in [-0.1, -0.05) is 69.4 Å². The van der Waals surface area contributed by atoms with Gasteiger partial charge in [0.25, 0.3) is 0 Å². The molecular formula is C25H37N3O5. The number of aldehydes is 1. The van der Waals surface area contributed by atoms with Crippen molar-refractivity contribution in [2.45, 2.75) is 76.3 Å². The zero-order valence-electron chi connectivity index (χ0n) is 19.7. The van der Waals surface area contributed by atoms with Gasteiger partial charge in [-0.25, -0.2) is 4.79 Å². The fourth-order valence-corrected chi connectivity index (χ4v) is 4.46. The molecule has 1 aromatic carbocycles. The van der Waals surface area contributed by atoms with E-state index in [4.69, 9.17) is 5.11 Å². The second-order valence-corrected chi connectivity index (χ2v) is 9.12. The first kappa shape index (κ1) is 26.4. The fourth-order valence-electron chi connectivity index (χ4n) is 4.46. The number of likely N-dealkylation sites (N-methyl/N-ethyl adjacent to an activating group) is 1. The highest BCUT2D eigenvalue weighted by Gasteiger charge is 2.27. The molecule has 8 nitrogen and oxygen atoms in total. The van der Waals surface area contributed by atoms with Crippen LogP contribution in [0.5, 0.6) is 0 Å². The maximum absolute atomic E-state index is 12.7. The highest BCUT2D eigenvalue weighted by atomic mass is 16.4. The molecule has 8 heteroatoms. The minimum atomic E-state index is -1.27. The van der Waals surface area contributed by atoms with Crippen LogP contribution in [0.25, 0.3) is 0 Å². The van der Waals surface area contributed by atoms with Crippen molar-refractivity contribution in [3.05, 3.63) is 35.9 Å². The lowest BCUT2D eigenvalue weighted by Crippen LogP contribution is -2.50. The molecule has 0 heterocycles. The molecule has 0 bridgehead atoms. The number of benzene rings is 1. The van der Waals surface area contributed by atoms with E-state index < -0.39 is 24.1 Å². The summed E-state index contributed by atoms with van der Waals surface area (Å²) in [6.07, 6.45) is 5.33. The normalized spacial score (nSPS) is 16.8. The molecule has 3 atom stereocenters. The molecule has 2 rings (SSSR count). The van der Waals surface area contributed by atoms with E-state index in [0.717, 1.165) is 31.2 Å². The summed E-state index contributed by atoms with van der Waals surface area (Å²) in [5.74, 6) is -0.165. The van der Waals surface area contributed by atoms with E-state index in [0.29, 0.717) is 19.3 Å². The van der Waals surface area contributed by atoms with Crippen LogP contribution in [0.2, 0.25) is 0 Å². The van der Waals surface area contributed by atoms with Crippen LogP contribution < -0.4 is 10.6 Å². The average Bonchev–Trinajstić information content (AvgIpc) is 2.81. The van der Waals surface area contributed by atoms with Crippen molar-refractivity contribution in [3.63, 3.8) is 0 Å². The molecule has 1 fully saturated rings. The Morgan fingerprint density at radius 2 is 1.79 bits per heavy atom. The van der Waals surface area contributed by atoms with Gasteiger partial charge in [-0.2, -0.15) is 0 Å². The fraction of sp³-hybridized carbons (Fsp3) is 0.600. The lowest BCUT2D eigenvalue weighted by atomic mass is 9.84. The summed E-state index contributed by atoms with van der Waals surface area (Å²) in [6.45, 7) is 2.60. The molecule has 0 aliphatic heterocycles. The smallest absolute Gasteiger partial charge is 0.405 e. The molecule has 1 aliphatic rings. The molecule has 0 radical (unpaired) electrons. The Labute approximate surface area is 196 Å². The molecular weight excluding hydrogens is 422 g/mol. The van der Waals surface area contributed by atoms with E-state index in [1.54, 1.807) is 11.9 Å². The summed E-state index contributed by atoms with van der Waals surface area (Å²) < 4.78 is 0. The predicted molar refractivity (Wildman–Crippen MR) is 126 cm³/mol. The van der Waals surface area contributed by atoms with Crippen LogP contribution in [0, 0.1) is 5.92 Å². The van der Waals surface area contributed by atoms with Gasteiger partial charge in [-0.3, -0.25) is 9.59 Å². The SMILES string of the molecule is CC(CN(C)C(=O)CC[C@@H](C=O)NC(=O)[C@H](CC1CCCCC1)NC(=O)O)c1ccccc1. The van der Waals surface area contributed by atoms with Crippen molar-refractivity contribution in [1.82, 2.24) is 15.5 Å². The molecule has 1 saturated carbocycles. The molecule has 3 amide bonds. The van der Waals surface area contributed by atoms with Gasteiger partial charge in [-0.15, -0.1) is 0 Å². The van der Waals surface area contributed by atoms with Crippen LogP contribution in [-0.4, -0.2) is 59.9 Å². The number of hydrogen-bond donors (Lipinski definition) is 3. The van der Waals surface area contributed by atoms with Crippen LogP contribution in [0.1, 0.15) is 69.8 Å². The Morgan fingerprint density at radius 1 is 1.12 bits per heavy atom. The molecule has 3 N–H and O–H groups in total. The van der Waals surface area contributed by atoms with Crippen molar-refractivity contribution in [1.29, 1.82) is 0 Å². The van der Waals surface area contributed by atoms with Crippen LogP contribution >= 0.6 is 0 Å². The van der Waals surface area contributed by atoms with Crippen molar-refractivity contribution in [2.75, 3.05) is 13.6 Å². The summed E-state index contributed by atoms with van der Waals surface area (Å²) >= 11 is 0. The van der Waals surface area contributed by atoms with E-state index in [9.17, 15) is 19.2 Å². The third kappa shape index (κ3) is 9.24. The predicted octanol–water partition coefficient (Wildman–Crippen LogP) is 3.32. The van der Waals surface area contributed by atoms with E-state index >= 15 is 0 Å². The zero-order chi connectivity index (χ0) is 24.2. The van der Waals surface area contributed by atoms with Crippen molar-refractivity contribution in [2.24, 2.45) is 5.92 Å². The minimum absolute atomic E-state index is 0.110. The molecule has 0 aromatic heterocycles. The summed E-state index contributed by atoms with van der Waals surface area (Å²) in [4.78, 5) is 49.6. The first-order valence-electron chi connectivity index (χ1n) is 11.8. The summed E-state index contributed by atoms with van der Waals surface area (Å²) in [5, 5.41) is 14.0. The second-order valence-electron chi connectivity index (χ2n) is 9.12. The maximum Gasteiger partial charge on any atom is 0.405 e. The monoisotopic (exact) mass is 459 g/mol. The number of hydrogen-bond acceptors (Lipinski definition) is 4. The van der Waals surface area contributed by atoms with Crippen LogP contribution in [0.4, 0.5) is 4.79 Å². The summed E-state index contributed by atoms with van der Waals surface area (Å²) in [5.41, 5.74) is 1.14. The molecule has 0 saturated heterocycles. The number of carbonyl (C=O) groups excluding carboxylic acids is 3. The maximum atomic E-state index is 12.7. The van der Waals surface area contributed by atoms with Crippen molar-refractivity contribution >= 4 is 24.2 Å². The van der Waals surface area contributed by atoms with Crippen LogP contribution in [-0.2, 0) is 14.4 Å². The Morgan fingerprint density at radius 3 is 2.39 bits per heavy atom. The molecule has 0 spiro atoms. The minimum Gasteiger partial charge on any atom is -0.465 e. The largest absolute Gasteiger partial charge is 0.465 e. The number of nitrogens with one attached hydrogen (secondary N) is 2. The van der Waals surface area contributed by atoms with Gasteiger partial charge in [0.05, 0.1) is 6.04 Å². The lowest BCUT2D eigenvalue weighted by Gasteiger charge is -2.27. The van der Waals surface area contributed by atoms with E-state index in [-0.39, 0.29) is 30.6 Å². The molecule has 1 aromatic rings. The van der Waals surface area contributed by atoms with E-state index in [1.165, 1.54) is 6.42 Å². The van der Waals surface area contributed by atoms with Gasteiger partial charge in [0.1, 0.15) is 12.3 Å². The Hall–Kier alpha value is -2.90. The van der Waals surface area contributed by atoms with Gasteiger partial charge in [0, 0.05) is 20.0 Å². The first-order chi connectivity index (χ1) is 15.8. The van der Waals surface area contributed by atoms with Gasteiger partial charge < -0.3 is 25.4 Å². The van der Waals surface area contributed by atoms with Crippen LogP contribution in [0.15, 0.2) is 30.3 Å². The van der Waals surface area contributed by atoms with Gasteiger partial charge in [-0.05, 0) is 30.2 Å². The lowest BCUT2D eigenvalue weighted by molar-refractivity contribution is -0.131. The highest BCUT2D eigenvalue weighted by molar-refractivity contribution is 5.87. The third-order valence-electron chi connectivity index (χ3n) is 6.41. The number of carbonyl (C=O) groups is 4. The van der Waals surface area contributed by atoms with E-state index in [2.05, 4.69) is 17.6 Å². The standard InChI is InChI=1S/C25H37N3O5/c1-18(20-11-7-4-8-12-20)16-28(2)23(30)14-13-21(17-29)26-24(31)22(27-25(32)33)15-19-9-5-3-6-10-19/h4,7-8,11-12,17-19,21-22,27H,3,5-6,9-10,13-16H2,1-2H3,(H,26,31)(H,32,33)/t18?,21-,22-/m0/s1. The van der Waals surface area contributed by atoms with Gasteiger partial charge in [0.2, 0.25) is 11.8 Å². The zero-order valence-corrected chi connectivity index (χ0v) is 19.7. The Balaban J connectivity index is 1.84. The number of carboxylic acid groups (broad SMARTS) is 1. The summed E-state index contributed by atoms with van der Waals surface area (Å²) in [7, 11) is 1.73. The third-order valence-corrected chi connectivity index (χ3v) is 6.41. The number of rotatable bonds is 12. The number of amides is 3. The van der Waals surface area contributed by atoms with Crippen LogP contribution in [0.3, 0.4) is 0 Å². The van der Waals surface area contributed by atoms with E-state index in [1.807, 2.05) is 30.3 Å². The molecule has 182 valence electrons. The Kier molecular flexibility index (Phi) is 10.9. The number of nitrogens with zero attached hydrogens (tertiary/aromatic N) is 1. The molecule has 33 heavy (non-hydrogen) atoms. The van der Waals surface area contributed by atoms with Crippen molar-refractivity contribution < 1.29 is 24.3 Å². The second kappa shape index (κ2) is 13.6. The first-order valence-corrected chi connectivity index (χ1v) is 11.8. The topological polar surface area (TPSA) is 116 Å². The van der Waals surface area contributed by atoms with Gasteiger partial charge in [0.15, 0.2) is 0 Å². The highest BCUT2D eigenvalue weighted by Crippen LogP contribution is 2.27. The summed E-state index contributed by atoms with van der Waals surface area (Å²) in [6, 6.07) is 8.18. The quantitative estimate of drug-likeness (QED) is 0.415. The molecule has 1 aliphatic carbocycles. The molecule has 1 unspecified atom stereocenters. The average molecular weight is 460 g/mol. The van der Waals surface area contributed by atoms with Crippen molar-refractivity contribution in [3.8, 4) is 0 Å². The Bertz CT molecular complexity index is 780. The van der Waals surface area contributed by atoms with Gasteiger partial charge >= 0.3 is 6.09 Å².